The minimum Gasteiger partial charge on any atom is -0.338 e. The molecule has 7 nitrogen and oxygen atoms in total. The Hall–Kier alpha value is -2.74. The summed E-state index contributed by atoms with van der Waals surface area (Å²) in [7, 11) is -3.75. The van der Waals surface area contributed by atoms with Gasteiger partial charge in [0, 0.05) is 28.4 Å². The molecule has 134 valence electrons. The fourth-order valence-corrected chi connectivity index (χ4v) is 4.76. The molecule has 4 rings (SSSR count). The first-order chi connectivity index (χ1) is 12.1. The maximum absolute atomic E-state index is 12.8. The number of nitrogens with zero attached hydrogens (tertiary/aromatic N) is 2. The molecule has 3 heterocycles. The van der Waals surface area contributed by atoms with E-state index < -0.39 is 20.4 Å². The van der Waals surface area contributed by atoms with Gasteiger partial charge in [-0.15, -0.1) is 0 Å². The second-order valence-corrected chi connectivity index (χ2v) is 9.48. The number of fused-ring (bicyclic) bond motifs is 2. The van der Waals surface area contributed by atoms with Crippen molar-refractivity contribution >= 4 is 38.0 Å². The highest BCUT2D eigenvalue weighted by Gasteiger charge is 2.51. The summed E-state index contributed by atoms with van der Waals surface area (Å²) >= 11 is 0. The van der Waals surface area contributed by atoms with Crippen LogP contribution < -0.4 is 5.32 Å². The maximum Gasteiger partial charge on any atom is 0.191 e. The molecule has 0 amide bonds. The molecule has 0 bridgehead atoms. The first kappa shape index (κ1) is 16.7. The van der Waals surface area contributed by atoms with Gasteiger partial charge in [0.1, 0.15) is 4.75 Å². The Kier molecular flexibility index (Phi) is 3.30. The number of aryl methyl sites for hydroxylation is 1. The molecule has 3 aromatic rings. The molecule has 0 saturated carbocycles. The Morgan fingerprint density at radius 1 is 1.19 bits per heavy atom. The Bertz CT molecular complexity index is 1190. The minimum atomic E-state index is -3.75. The van der Waals surface area contributed by atoms with Gasteiger partial charge in [0.05, 0.1) is 16.1 Å². The van der Waals surface area contributed by atoms with Crippen LogP contribution in [0, 0.1) is 13.8 Å². The minimum absolute atomic E-state index is 0.0611. The number of Topliss-reactive ketones (excluding diaryl/α,β-unsaturated/α-hetero) is 1. The van der Waals surface area contributed by atoms with Crippen LogP contribution in [0.4, 0.5) is 11.5 Å². The van der Waals surface area contributed by atoms with Crippen LogP contribution in [0.15, 0.2) is 29.3 Å². The standard InChI is InChI=1S/C18H18N4O3S/c1-9-10(2)21-22-17(9)20-13-5-6-19-14-7-12-15(8-11(13)14)26(24,25)18(3,4)16(12)23/h5-8H,1-4H3,(H2,19,20,21,22). The van der Waals surface area contributed by atoms with E-state index in [4.69, 9.17) is 0 Å². The third kappa shape index (κ3) is 2.05. The van der Waals surface area contributed by atoms with E-state index in [1.165, 1.54) is 19.9 Å². The molecule has 0 fully saturated rings. The Balaban J connectivity index is 1.94. The van der Waals surface area contributed by atoms with Crippen LogP contribution in [0.5, 0.6) is 0 Å². The van der Waals surface area contributed by atoms with Crippen LogP contribution >= 0.6 is 0 Å². The van der Waals surface area contributed by atoms with Crippen molar-refractivity contribution in [1.29, 1.82) is 0 Å². The molecule has 0 saturated heterocycles. The molecule has 0 unspecified atom stereocenters. The van der Waals surface area contributed by atoms with Gasteiger partial charge in [-0.3, -0.25) is 14.9 Å². The lowest BCUT2D eigenvalue weighted by Crippen LogP contribution is -2.33. The van der Waals surface area contributed by atoms with E-state index >= 15 is 0 Å². The number of hydrogen-bond acceptors (Lipinski definition) is 6. The van der Waals surface area contributed by atoms with Gasteiger partial charge in [-0.1, -0.05) is 0 Å². The number of carbonyl (C=O) groups is 1. The van der Waals surface area contributed by atoms with Crippen LogP contribution in [-0.2, 0) is 9.84 Å². The zero-order chi connectivity index (χ0) is 18.9. The summed E-state index contributed by atoms with van der Waals surface area (Å²) in [4.78, 5) is 16.9. The zero-order valence-corrected chi connectivity index (χ0v) is 15.7. The van der Waals surface area contributed by atoms with Gasteiger partial charge in [0.2, 0.25) is 0 Å². The molecule has 1 aromatic carbocycles. The van der Waals surface area contributed by atoms with Crippen LogP contribution in [0.2, 0.25) is 0 Å². The highest BCUT2D eigenvalue weighted by atomic mass is 32.2. The fraction of sp³-hybridized carbons (Fsp3) is 0.278. The van der Waals surface area contributed by atoms with E-state index in [-0.39, 0.29) is 10.5 Å². The quantitative estimate of drug-likeness (QED) is 0.718. The highest BCUT2D eigenvalue weighted by Crippen LogP contribution is 2.41. The number of rotatable bonds is 2. The van der Waals surface area contributed by atoms with Gasteiger partial charge in [-0.05, 0) is 45.9 Å². The average Bonchev–Trinajstić information content (AvgIpc) is 2.97. The number of anilines is 2. The maximum atomic E-state index is 12.8. The molecule has 0 atom stereocenters. The lowest BCUT2D eigenvalue weighted by Gasteiger charge is -2.13. The predicted octanol–water partition coefficient (Wildman–Crippen LogP) is 3.07. The van der Waals surface area contributed by atoms with Gasteiger partial charge in [0.15, 0.2) is 21.4 Å². The Labute approximate surface area is 150 Å². The second-order valence-electron chi connectivity index (χ2n) is 7.01. The number of hydrogen-bond donors (Lipinski definition) is 2. The summed E-state index contributed by atoms with van der Waals surface area (Å²) in [5.74, 6) is 0.267. The molecule has 0 spiro atoms. The normalized spacial score (nSPS) is 17.5. The predicted molar refractivity (Wildman–Crippen MR) is 98.7 cm³/mol. The molecule has 2 N–H and O–H groups in total. The number of sulfone groups is 1. The molecule has 2 aromatic heterocycles. The summed E-state index contributed by atoms with van der Waals surface area (Å²) < 4.78 is 24.2. The molecule has 0 aliphatic carbocycles. The summed E-state index contributed by atoms with van der Waals surface area (Å²) in [5, 5.41) is 11.0. The largest absolute Gasteiger partial charge is 0.338 e. The van der Waals surface area contributed by atoms with Crippen molar-refractivity contribution in [3.63, 3.8) is 0 Å². The van der Waals surface area contributed by atoms with E-state index in [1.807, 2.05) is 13.8 Å². The van der Waals surface area contributed by atoms with E-state index in [1.54, 1.807) is 18.3 Å². The molecule has 1 aliphatic rings. The number of aromatic amines is 1. The molecular weight excluding hydrogens is 352 g/mol. The summed E-state index contributed by atoms with van der Waals surface area (Å²) in [5.41, 5.74) is 3.36. The number of ketones is 1. The van der Waals surface area contributed by atoms with Crippen LogP contribution in [0.3, 0.4) is 0 Å². The van der Waals surface area contributed by atoms with Crippen LogP contribution in [0.25, 0.3) is 10.9 Å². The van der Waals surface area contributed by atoms with E-state index in [9.17, 15) is 13.2 Å². The summed E-state index contributed by atoms with van der Waals surface area (Å²) in [6, 6.07) is 4.86. The average molecular weight is 370 g/mol. The van der Waals surface area contributed by atoms with Crippen molar-refractivity contribution in [3.8, 4) is 0 Å². The molecular formula is C18H18N4O3S. The van der Waals surface area contributed by atoms with E-state index in [0.29, 0.717) is 22.4 Å². The van der Waals surface area contributed by atoms with Gasteiger partial charge < -0.3 is 5.32 Å². The van der Waals surface area contributed by atoms with Crippen molar-refractivity contribution < 1.29 is 13.2 Å². The van der Waals surface area contributed by atoms with Gasteiger partial charge in [0.25, 0.3) is 0 Å². The lowest BCUT2D eigenvalue weighted by molar-refractivity contribution is 0.0959. The molecule has 26 heavy (non-hydrogen) atoms. The number of benzene rings is 1. The Morgan fingerprint density at radius 3 is 2.58 bits per heavy atom. The molecule has 1 aliphatic heterocycles. The van der Waals surface area contributed by atoms with Gasteiger partial charge in [-0.2, -0.15) is 5.10 Å². The van der Waals surface area contributed by atoms with Crippen molar-refractivity contribution in [2.45, 2.75) is 37.3 Å². The monoisotopic (exact) mass is 370 g/mol. The first-order valence-corrected chi connectivity index (χ1v) is 9.63. The van der Waals surface area contributed by atoms with E-state index in [2.05, 4.69) is 20.5 Å². The number of pyridine rings is 1. The second kappa shape index (κ2) is 5.14. The molecule has 0 radical (unpaired) electrons. The number of carbonyl (C=O) groups excluding carboxylic acids is 1. The van der Waals surface area contributed by atoms with Crippen LogP contribution in [-0.4, -0.2) is 34.1 Å². The third-order valence-electron chi connectivity index (χ3n) is 5.10. The first-order valence-electron chi connectivity index (χ1n) is 8.15. The SMILES string of the molecule is Cc1[nH]nc(Nc2ccnc3cc4c(cc23)S(=O)(=O)C(C)(C)C4=O)c1C. The zero-order valence-electron chi connectivity index (χ0n) is 14.8. The Morgan fingerprint density at radius 2 is 1.92 bits per heavy atom. The smallest absolute Gasteiger partial charge is 0.191 e. The fourth-order valence-electron chi connectivity index (χ4n) is 3.14. The van der Waals surface area contributed by atoms with Crippen LogP contribution in [0.1, 0.15) is 35.5 Å². The van der Waals surface area contributed by atoms with Crippen molar-refractivity contribution in [2.24, 2.45) is 0 Å². The van der Waals surface area contributed by atoms with Crippen molar-refractivity contribution in [3.05, 3.63) is 41.2 Å². The topological polar surface area (TPSA) is 105 Å². The number of nitrogens with one attached hydrogen (secondary N) is 2. The van der Waals surface area contributed by atoms with Gasteiger partial charge in [-0.25, -0.2) is 8.42 Å². The van der Waals surface area contributed by atoms with E-state index in [0.717, 1.165) is 11.3 Å². The summed E-state index contributed by atoms with van der Waals surface area (Å²) in [6.45, 7) is 6.74. The highest BCUT2D eigenvalue weighted by molar-refractivity contribution is 7.94. The summed E-state index contributed by atoms with van der Waals surface area (Å²) in [6.07, 6.45) is 1.62. The van der Waals surface area contributed by atoms with Gasteiger partial charge >= 0.3 is 0 Å². The third-order valence-corrected chi connectivity index (χ3v) is 7.55. The number of H-pyrrole nitrogens is 1. The number of aromatic nitrogens is 3. The van der Waals surface area contributed by atoms with Crippen molar-refractivity contribution in [2.75, 3.05) is 5.32 Å². The lowest BCUT2D eigenvalue weighted by atomic mass is 9.99. The van der Waals surface area contributed by atoms with Crippen molar-refractivity contribution in [1.82, 2.24) is 15.2 Å². The molecule has 8 heteroatoms.